The lowest BCUT2D eigenvalue weighted by Crippen LogP contribution is -2.12. The molecule has 0 saturated heterocycles. The van der Waals surface area contributed by atoms with E-state index in [9.17, 15) is 4.79 Å². The molecule has 0 aliphatic heterocycles. The molecule has 172 valence electrons. The predicted molar refractivity (Wildman–Crippen MR) is 134 cm³/mol. The predicted octanol–water partition coefficient (Wildman–Crippen LogP) is 4.68. The molecule has 0 aliphatic rings. The van der Waals surface area contributed by atoms with Crippen molar-refractivity contribution in [2.75, 3.05) is 10.6 Å². The van der Waals surface area contributed by atoms with Gasteiger partial charge < -0.3 is 10.6 Å². The third-order valence-corrected chi connectivity index (χ3v) is 5.99. The lowest BCUT2D eigenvalue weighted by atomic mass is 10.2. The van der Waals surface area contributed by atoms with E-state index in [1.165, 1.54) is 6.20 Å². The van der Waals surface area contributed by atoms with Gasteiger partial charge in [0.25, 0.3) is 5.91 Å². The Morgan fingerprint density at radius 3 is 2.83 bits per heavy atom. The fraction of sp³-hybridized carbons (Fsp3) is 0.0417. The zero-order valence-electron chi connectivity index (χ0n) is 18.4. The minimum absolute atomic E-state index is 0.257. The molecule has 4 aromatic heterocycles. The van der Waals surface area contributed by atoms with Gasteiger partial charge in [0.15, 0.2) is 11.6 Å². The molecule has 1 amide bonds. The minimum Gasteiger partial charge on any atom is -0.337 e. The lowest BCUT2D eigenvalue weighted by Gasteiger charge is -2.07. The molecular formula is C24H18ClN9O. The molecular weight excluding hydrogens is 466 g/mol. The van der Waals surface area contributed by atoms with Crippen molar-refractivity contribution in [3.8, 4) is 5.82 Å². The number of para-hydroxylation sites is 1. The molecule has 0 fully saturated rings. The van der Waals surface area contributed by atoms with Crippen molar-refractivity contribution < 1.29 is 4.79 Å². The van der Waals surface area contributed by atoms with Crippen molar-refractivity contribution in [2.24, 2.45) is 7.05 Å². The molecule has 0 bridgehead atoms. The molecule has 3 N–H and O–H groups in total. The van der Waals surface area contributed by atoms with Crippen LogP contribution in [0.25, 0.3) is 27.6 Å². The molecule has 0 spiro atoms. The van der Waals surface area contributed by atoms with Gasteiger partial charge in [0.2, 0.25) is 0 Å². The Morgan fingerprint density at radius 2 is 1.97 bits per heavy atom. The fourth-order valence-electron chi connectivity index (χ4n) is 3.89. The third kappa shape index (κ3) is 3.75. The number of halogens is 1. The van der Waals surface area contributed by atoms with E-state index in [4.69, 9.17) is 16.7 Å². The third-order valence-electron chi connectivity index (χ3n) is 5.59. The fourth-order valence-corrected chi connectivity index (χ4v) is 4.15. The van der Waals surface area contributed by atoms with Gasteiger partial charge in [0.05, 0.1) is 39.7 Å². The van der Waals surface area contributed by atoms with Gasteiger partial charge in [-0.3, -0.25) is 14.6 Å². The van der Waals surface area contributed by atoms with Gasteiger partial charge in [0, 0.05) is 42.0 Å². The highest BCUT2D eigenvalue weighted by atomic mass is 35.5. The number of benzene rings is 2. The van der Waals surface area contributed by atoms with Crippen LogP contribution < -0.4 is 10.6 Å². The first kappa shape index (κ1) is 20.9. The number of aromatic amines is 1. The van der Waals surface area contributed by atoms with E-state index in [0.717, 1.165) is 21.8 Å². The average Bonchev–Trinajstić information content (AvgIpc) is 3.60. The quantitative estimate of drug-likeness (QED) is 0.327. The second-order valence-corrected chi connectivity index (χ2v) is 8.30. The summed E-state index contributed by atoms with van der Waals surface area (Å²) in [6.07, 6.45) is 6.49. The first-order chi connectivity index (χ1) is 17.1. The normalized spacial score (nSPS) is 11.3. The molecule has 0 aliphatic carbocycles. The van der Waals surface area contributed by atoms with Gasteiger partial charge in [-0.1, -0.05) is 23.7 Å². The standard InChI is InChI=1S/C24H18ClN9O/c1-33-13-14(11-28-33)24(35)29-15-8-9-26-21(10-15)34-20-5-3-2-4-16(20)23(32-34)30-19-7-6-18-17(22(19)25)12-27-31-18/h2-13H,1H3,(H,27,31)(H,30,32)(H,26,29,35). The van der Waals surface area contributed by atoms with Crippen LogP contribution in [-0.2, 0) is 7.05 Å². The number of hydrogen-bond acceptors (Lipinski definition) is 6. The van der Waals surface area contributed by atoms with E-state index in [2.05, 4.69) is 30.9 Å². The molecule has 6 rings (SSSR count). The molecule has 0 radical (unpaired) electrons. The van der Waals surface area contributed by atoms with E-state index in [-0.39, 0.29) is 5.91 Å². The maximum absolute atomic E-state index is 12.6. The van der Waals surface area contributed by atoms with Crippen LogP contribution in [0.4, 0.5) is 17.2 Å². The number of carbonyl (C=O) groups is 1. The van der Waals surface area contributed by atoms with Crippen LogP contribution in [0.1, 0.15) is 10.4 Å². The van der Waals surface area contributed by atoms with E-state index in [0.29, 0.717) is 33.6 Å². The maximum atomic E-state index is 12.6. The van der Waals surface area contributed by atoms with Crippen LogP contribution in [0.15, 0.2) is 73.3 Å². The SMILES string of the molecule is Cn1cc(C(=O)Nc2ccnc(-n3nc(Nc4ccc5[nH]ncc5c4Cl)c4ccccc43)c2)cn1. The number of aryl methyl sites for hydroxylation is 1. The zero-order valence-corrected chi connectivity index (χ0v) is 19.2. The topological polar surface area (TPSA) is 118 Å². The van der Waals surface area contributed by atoms with Crippen LogP contribution in [0, 0.1) is 0 Å². The molecule has 11 heteroatoms. The number of carbonyl (C=O) groups excluding carboxylic acids is 1. The number of fused-ring (bicyclic) bond motifs is 2. The number of amides is 1. The minimum atomic E-state index is -0.257. The van der Waals surface area contributed by atoms with Crippen LogP contribution in [-0.4, -0.2) is 40.6 Å². The van der Waals surface area contributed by atoms with Crippen LogP contribution in [0.3, 0.4) is 0 Å². The number of pyridine rings is 1. The molecule has 2 aromatic carbocycles. The van der Waals surface area contributed by atoms with Gasteiger partial charge in [-0.25, -0.2) is 9.67 Å². The second kappa shape index (κ2) is 8.26. The summed E-state index contributed by atoms with van der Waals surface area (Å²) in [6.45, 7) is 0. The summed E-state index contributed by atoms with van der Waals surface area (Å²) in [7, 11) is 1.76. The van der Waals surface area contributed by atoms with Crippen LogP contribution >= 0.6 is 11.6 Å². The summed E-state index contributed by atoms with van der Waals surface area (Å²) in [5.41, 5.74) is 3.46. The Kier molecular flexibility index (Phi) is 4.93. The summed E-state index contributed by atoms with van der Waals surface area (Å²) in [5.74, 6) is 0.916. The van der Waals surface area contributed by atoms with Gasteiger partial charge in [-0.15, -0.1) is 5.10 Å². The maximum Gasteiger partial charge on any atom is 0.258 e. The van der Waals surface area contributed by atoms with Gasteiger partial charge in [-0.2, -0.15) is 10.2 Å². The van der Waals surface area contributed by atoms with Crippen molar-refractivity contribution in [1.82, 2.24) is 34.7 Å². The molecule has 6 aromatic rings. The molecule has 10 nitrogen and oxygen atoms in total. The van der Waals surface area contributed by atoms with Crippen molar-refractivity contribution in [1.29, 1.82) is 0 Å². The van der Waals surface area contributed by atoms with Crippen LogP contribution in [0.5, 0.6) is 0 Å². The van der Waals surface area contributed by atoms with Gasteiger partial charge in [-0.05, 0) is 30.3 Å². The Hall–Kier alpha value is -4.70. The Labute approximate surface area is 203 Å². The number of anilines is 3. The molecule has 0 atom stereocenters. The van der Waals surface area contributed by atoms with Crippen molar-refractivity contribution in [3.63, 3.8) is 0 Å². The first-order valence-electron chi connectivity index (χ1n) is 10.7. The van der Waals surface area contributed by atoms with Crippen molar-refractivity contribution in [3.05, 3.63) is 83.9 Å². The molecule has 0 unspecified atom stereocenters. The summed E-state index contributed by atoms with van der Waals surface area (Å²) >= 11 is 6.61. The van der Waals surface area contributed by atoms with Crippen molar-refractivity contribution in [2.45, 2.75) is 0 Å². The zero-order chi connectivity index (χ0) is 23.9. The number of hydrogen-bond donors (Lipinski definition) is 3. The summed E-state index contributed by atoms with van der Waals surface area (Å²) in [4.78, 5) is 17.0. The average molecular weight is 484 g/mol. The van der Waals surface area contributed by atoms with Crippen LogP contribution in [0.2, 0.25) is 5.02 Å². The molecule has 0 saturated carbocycles. The Morgan fingerprint density at radius 1 is 1.09 bits per heavy atom. The first-order valence-corrected chi connectivity index (χ1v) is 11.1. The number of aromatic nitrogens is 7. The Balaban J connectivity index is 1.36. The highest BCUT2D eigenvalue weighted by Gasteiger charge is 2.16. The summed E-state index contributed by atoms with van der Waals surface area (Å²) in [6, 6.07) is 15.1. The highest BCUT2D eigenvalue weighted by Crippen LogP contribution is 2.34. The number of nitrogens with zero attached hydrogens (tertiary/aromatic N) is 6. The number of nitrogens with one attached hydrogen (secondary N) is 3. The highest BCUT2D eigenvalue weighted by molar-refractivity contribution is 6.38. The summed E-state index contributed by atoms with van der Waals surface area (Å²) < 4.78 is 3.30. The summed E-state index contributed by atoms with van der Waals surface area (Å²) in [5, 5.41) is 24.3. The van der Waals surface area contributed by atoms with Gasteiger partial charge >= 0.3 is 0 Å². The number of H-pyrrole nitrogens is 1. The van der Waals surface area contributed by atoms with E-state index >= 15 is 0 Å². The Bertz CT molecular complexity index is 1710. The van der Waals surface area contributed by atoms with Gasteiger partial charge in [0.1, 0.15) is 0 Å². The lowest BCUT2D eigenvalue weighted by molar-refractivity contribution is 0.102. The second-order valence-electron chi connectivity index (χ2n) is 7.92. The molecule has 35 heavy (non-hydrogen) atoms. The van der Waals surface area contributed by atoms with E-state index in [1.54, 1.807) is 47.1 Å². The largest absolute Gasteiger partial charge is 0.337 e. The van der Waals surface area contributed by atoms with Crippen molar-refractivity contribution >= 4 is 56.5 Å². The molecule has 4 heterocycles. The monoisotopic (exact) mass is 483 g/mol. The smallest absolute Gasteiger partial charge is 0.258 e. The van der Waals surface area contributed by atoms with E-state index < -0.39 is 0 Å². The van der Waals surface area contributed by atoms with E-state index in [1.807, 2.05) is 36.4 Å². The number of rotatable bonds is 5.